The standard InChI is InChI=1S/C6H12N2O2.Na.H/c9-7-8(10)6-4-2-1-3-5-6;;/h6,10H,1-5H2;;. The average molecular weight is 168 g/mol. The fraction of sp³-hybridized carbons (Fsp3) is 1.00. The molecule has 0 unspecified atom stereocenters. The van der Waals surface area contributed by atoms with E-state index < -0.39 is 0 Å². The first-order chi connectivity index (χ1) is 4.84. The van der Waals surface area contributed by atoms with Gasteiger partial charge in [0.05, 0.1) is 11.3 Å². The van der Waals surface area contributed by atoms with Crippen LogP contribution in [-0.4, -0.2) is 46.0 Å². The maximum atomic E-state index is 9.83. The van der Waals surface area contributed by atoms with Crippen LogP contribution < -0.4 is 0 Å². The van der Waals surface area contributed by atoms with Gasteiger partial charge in [-0.3, -0.25) is 5.21 Å². The first-order valence-corrected chi connectivity index (χ1v) is 3.66. The van der Waals surface area contributed by atoms with Gasteiger partial charge in [0.1, 0.15) is 0 Å². The van der Waals surface area contributed by atoms with E-state index >= 15 is 0 Å². The van der Waals surface area contributed by atoms with Gasteiger partial charge in [-0.05, 0) is 12.8 Å². The molecule has 0 bridgehead atoms. The monoisotopic (exact) mass is 168 g/mol. The third-order valence-corrected chi connectivity index (χ3v) is 1.98. The molecule has 0 atom stereocenters. The SMILES string of the molecule is O=NN(O)C1CCCCC1.[NaH]. The molecule has 0 amide bonds. The van der Waals surface area contributed by atoms with Gasteiger partial charge < -0.3 is 0 Å². The number of hydroxylamine groups is 1. The molecule has 60 valence electrons. The van der Waals surface area contributed by atoms with Crippen molar-refractivity contribution in [3.63, 3.8) is 0 Å². The molecule has 0 aromatic carbocycles. The Morgan fingerprint density at radius 2 is 1.82 bits per heavy atom. The molecule has 0 aromatic rings. The third-order valence-electron chi connectivity index (χ3n) is 1.98. The summed E-state index contributed by atoms with van der Waals surface area (Å²) in [5, 5.41) is 11.8. The molecule has 0 saturated heterocycles. The van der Waals surface area contributed by atoms with Crippen LogP contribution in [0.3, 0.4) is 0 Å². The molecule has 1 saturated carbocycles. The van der Waals surface area contributed by atoms with E-state index in [9.17, 15) is 4.91 Å². The first-order valence-electron chi connectivity index (χ1n) is 3.66. The van der Waals surface area contributed by atoms with Crippen LogP contribution >= 0.6 is 0 Å². The Bertz CT molecular complexity index is 117. The molecule has 1 N–H and O–H groups in total. The molecule has 1 aliphatic rings. The van der Waals surface area contributed by atoms with Gasteiger partial charge in [-0.2, -0.15) is 0 Å². The van der Waals surface area contributed by atoms with Crippen LogP contribution in [0.1, 0.15) is 32.1 Å². The molecule has 0 aliphatic heterocycles. The number of rotatable bonds is 2. The molecule has 5 heteroatoms. The molecular weight excluding hydrogens is 155 g/mol. The van der Waals surface area contributed by atoms with Crippen LogP contribution in [0.4, 0.5) is 0 Å². The molecule has 4 nitrogen and oxygen atoms in total. The van der Waals surface area contributed by atoms with E-state index in [0.29, 0.717) is 5.17 Å². The molecule has 1 aliphatic carbocycles. The summed E-state index contributed by atoms with van der Waals surface area (Å²) in [6, 6.07) is -0.0220. The zero-order valence-electron chi connectivity index (χ0n) is 5.86. The van der Waals surface area contributed by atoms with Crippen molar-refractivity contribution in [1.29, 1.82) is 0 Å². The molecule has 11 heavy (non-hydrogen) atoms. The Balaban J connectivity index is 0.000001000. The zero-order valence-corrected chi connectivity index (χ0v) is 5.86. The molecule has 1 rings (SSSR count). The maximum absolute atomic E-state index is 9.83. The van der Waals surface area contributed by atoms with Gasteiger partial charge in [-0.25, -0.2) is 0 Å². The second kappa shape index (κ2) is 5.94. The molecule has 0 spiro atoms. The van der Waals surface area contributed by atoms with Crippen LogP contribution in [-0.2, 0) is 0 Å². The van der Waals surface area contributed by atoms with Crippen molar-refractivity contribution in [1.82, 2.24) is 5.17 Å². The van der Waals surface area contributed by atoms with E-state index in [2.05, 4.69) is 5.29 Å². The van der Waals surface area contributed by atoms with Gasteiger partial charge in [0, 0.05) is 0 Å². The minimum absolute atomic E-state index is 0. The van der Waals surface area contributed by atoms with Crippen molar-refractivity contribution in [2.24, 2.45) is 5.29 Å². The van der Waals surface area contributed by atoms with Crippen molar-refractivity contribution >= 4 is 29.6 Å². The van der Waals surface area contributed by atoms with E-state index in [1.807, 2.05) is 0 Å². The third kappa shape index (κ3) is 3.51. The Hall–Kier alpha value is 0.360. The molecule has 0 heterocycles. The minimum atomic E-state index is -0.0220. The zero-order chi connectivity index (χ0) is 7.40. The Kier molecular flexibility index (Phi) is 6.14. The summed E-state index contributed by atoms with van der Waals surface area (Å²) < 4.78 is 0. The predicted octanol–water partition coefficient (Wildman–Crippen LogP) is 1.04. The van der Waals surface area contributed by atoms with E-state index in [4.69, 9.17) is 5.21 Å². The number of hydrogen-bond acceptors (Lipinski definition) is 3. The van der Waals surface area contributed by atoms with Crippen LogP contribution in [0.2, 0.25) is 0 Å². The van der Waals surface area contributed by atoms with Crippen molar-refractivity contribution in [2.45, 2.75) is 38.1 Å². The van der Waals surface area contributed by atoms with Gasteiger partial charge in [0.2, 0.25) is 0 Å². The second-order valence-corrected chi connectivity index (χ2v) is 2.69. The normalized spacial score (nSPS) is 18.6. The summed E-state index contributed by atoms with van der Waals surface area (Å²) in [7, 11) is 0. The molecule has 0 aromatic heterocycles. The van der Waals surface area contributed by atoms with E-state index in [-0.39, 0.29) is 35.6 Å². The molecule has 1 fully saturated rings. The summed E-state index contributed by atoms with van der Waals surface area (Å²) >= 11 is 0. The van der Waals surface area contributed by atoms with Crippen LogP contribution in [0.25, 0.3) is 0 Å². The van der Waals surface area contributed by atoms with E-state index in [0.717, 1.165) is 25.7 Å². The Morgan fingerprint density at radius 3 is 2.27 bits per heavy atom. The van der Waals surface area contributed by atoms with Crippen LogP contribution in [0.15, 0.2) is 5.29 Å². The first kappa shape index (κ1) is 11.4. The average Bonchev–Trinajstić information content (AvgIpc) is 2.05. The Morgan fingerprint density at radius 1 is 1.27 bits per heavy atom. The van der Waals surface area contributed by atoms with Crippen LogP contribution in [0.5, 0.6) is 0 Å². The Labute approximate surface area is 88.1 Å². The van der Waals surface area contributed by atoms with Crippen molar-refractivity contribution in [2.75, 3.05) is 0 Å². The van der Waals surface area contributed by atoms with Crippen molar-refractivity contribution in [3.05, 3.63) is 4.91 Å². The summed E-state index contributed by atoms with van der Waals surface area (Å²) in [5.74, 6) is 0. The summed E-state index contributed by atoms with van der Waals surface area (Å²) in [6.07, 6.45) is 5.18. The van der Waals surface area contributed by atoms with Crippen LogP contribution in [0, 0.1) is 4.91 Å². The van der Waals surface area contributed by atoms with Crippen molar-refractivity contribution in [3.8, 4) is 0 Å². The van der Waals surface area contributed by atoms with Crippen molar-refractivity contribution < 1.29 is 5.21 Å². The fourth-order valence-electron chi connectivity index (χ4n) is 1.38. The summed E-state index contributed by atoms with van der Waals surface area (Å²) in [4.78, 5) is 9.83. The topological polar surface area (TPSA) is 52.9 Å². The van der Waals surface area contributed by atoms with Gasteiger partial charge in [-0.1, -0.05) is 19.3 Å². The summed E-state index contributed by atoms with van der Waals surface area (Å²) in [6.45, 7) is 0. The number of nitrogens with zero attached hydrogens (tertiary/aromatic N) is 2. The van der Waals surface area contributed by atoms with Gasteiger partial charge in [0.25, 0.3) is 0 Å². The quantitative estimate of drug-likeness (QED) is 0.381. The van der Waals surface area contributed by atoms with E-state index in [1.54, 1.807) is 0 Å². The number of nitroso groups, excluding NO2 is 1. The van der Waals surface area contributed by atoms with Gasteiger partial charge in [0.15, 0.2) is 0 Å². The second-order valence-electron chi connectivity index (χ2n) is 2.69. The van der Waals surface area contributed by atoms with E-state index in [1.165, 1.54) is 6.42 Å². The van der Waals surface area contributed by atoms with Gasteiger partial charge in [-0.15, -0.1) is 10.1 Å². The fourth-order valence-corrected chi connectivity index (χ4v) is 1.38. The molecular formula is C6H13N2NaO2. The number of hydrogen-bond donors (Lipinski definition) is 1. The molecule has 0 radical (unpaired) electrons. The summed E-state index contributed by atoms with van der Waals surface area (Å²) in [5.41, 5.74) is 0. The van der Waals surface area contributed by atoms with Gasteiger partial charge >= 0.3 is 29.6 Å². The predicted molar refractivity (Wildman–Crippen MR) is 43.4 cm³/mol.